The van der Waals surface area contributed by atoms with E-state index in [9.17, 15) is 9.59 Å². The van der Waals surface area contributed by atoms with Gasteiger partial charge in [-0.25, -0.2) is 15.0 Å². The Bertz CT molecular complexity index is 1210. The van der Waals surface area contributed by atoms with Crippen molar-refractivity contribution >= 4 is 17.1 Å². The number of aryl methyl sites for hydroxylation is 3. The van der Waals surface area contributed by atoms with Crippen LogP contribution in [0.3, 0.4) is 0 Å². The molecule has 1 saturated heterocycles. The van der Waals surface area contributed by atoms with Crippen LogP contribution in [-0.4, -0.2) is 48.4 Å². The van der Waals surface area contributed by atoms with Crippen LogP contribution < -0.4 is 5.56 Å². The highest BCUT2D eigenvalue weighted by atomic mass is 16.2. The van der Waals surface area contributed by atoms with E-state index < -0.39 is 0 Å². The number of nitrogens with zero attached hydrogens (tertiary/aromatic N) is 5. The molecular weight excluding hydrogens is 368 g/mol. The molecule has 29 heavy (non-hydrogen) atoms. The van der Waals surface area contributed by atoms with Crippen LogP contribution >= 0.6 is 0 Å². The lowest BCUT2D eigenvalue weighted by atomic mass is 9.77. The second-order valence-electron chi connectivity index (χ2n) is 8.34. The number of carbonyl (C=O) groups excluding carboxylic acids is 1. The number of fused-ring (bicyclic) bond motifs is 3. The Kier molecular flexibility index (Phi) is 3.88. The molecule has 150 valence electrons. The molecule has 1 aliphatic heterocycles. The van der Waals surface area contributed by atoms with Crippen molar-refractivity contribution in [3.8, 4) is 0 Å². The summed E-state index contributed by atoms with van der Waals surface area (Å²) in [5, 5.41) is 0. The summed E-state index contributed by atoms with van der Waals surface area (Å²) in [6.07, 6.45) is 5.10. The molecule has 0 radical (unpaired) electrons. The van der Waals surface area contributed by atoms with E-state index in [1.165, 1.54) is 0 Å². The van der Waals surface area contributed by atoms with Crippen LogP contribution in [0.15, 0.2) is 17.1 Å². The average Bonchev–Trinajstić information content (AvgIpc) is 3.19. The summed E-state index contributed by atoms with van der Waals surface area (Å²) >= 11 is 0. The average molecular weight is 392 g/mol. The van der Waals surface area contributed by atoms with Gasteiger partial charge >= 0.3 is 0 Å². The molecular formula is C21H24N6O2. The molecule has 0 aromatic carbocycles. The van der Waals surface area contributed by atoms with Crippen LogP contribution in [0.5, 0.6) is 0 Å². The van der Waals surface area contributed by atoms with E-state index in [0.29, 0.717) is 30.0 Å². The summed E-state index contributed by atoms with van der Waals surface area (Å²) in [6.45, 7) is 5.02. The van der Waals surface area contributed by atoms with E-state index in [4.69, 9.17) is 4.98 Å². The van der Waals surface area contributed by atoms with Gasteiger partial charge in [0.05, 0.1) is 11.3 Å². The van der Waals surface area contributed by atoms with E-state index in [0.717, 1.165) is 48.4 Å². The molecule has 1 spiro atoms. The quantitative estimate of drug-likeness (QED) is 0.681. The second-order valence-corrected chi connectivity index (χ2v) is 8.34. The lowest BCUT2D eigenvalue weighted by molar-refractivity contribution is 0.0635. The highest BCUT2D eigenvalue weighted by molar-refractivity contribution is 6.04. The van der Waals surface area contributed by atoms with Crippen LogP contribution in [0, 0.1) is 13.8 Å². The van der Waals surface area contributed by atoms with Gasteiger partial charge in [-0.15, -0.1) is 0 Å². The maximum Gasteiger partial charge on any atom is 0.256 e. The fourth-order valence-electron chi connectivity index (χ4n) is 5.00. The standard InChI is InChI=1S/C21H24N6O2/c1-12-23-17-15(19(28)24-12)5-8-21(17)7-4-10-27(11-21)20(29)14-6-9-22-18-16(14)25-13(2)26(18)3/h6,9H,4-5,7-8,10-11H2,1-3H3,(H,23,24,28). The number of hydrogen-bond donors (Lipinski definition) is 1. The summed E-state index contributed by atoms with van der Waals surface area (Å²) in [6, 6.07) is 1.76. The highest BCUT2D eigenvalue weighted by Crippen LogP contribution is 2.43. The molecule has 1 amide bonds. The molecule has 3 aromatic heterocycles. The summed E-state index contributed by atoms with van der Waals surface area (Å²) < 4.78 is 1.90. The maximum atomic E-state index is 13.5. The zero-order valence-electron chi connectivity index (χ0n) is 16.9. The third-order valence-corrected chi connectivity index (χ3v) is 6.57. The van der Waals surface area contributed by atoms with Crippen molar-refractivity contribution in [2.24, 2.45) is 7.05 Å². The molecule has 1 atom stereocenters. The lowest BCUT2D eigenvalue weighted by Crippen LogP contribution is -2.48. The van der Waals surface area contributed by atoms with Crippen molar-refractivity contribution in [1.82, 2.24) is 29.4 Å². The number of aromatic amines is 1. The number of hydrogen-bond acceptors (Lipinski definition) is 5. The monoisotopic (exact) mass is 392 g/mol. The zero-order chi connectivity index (χ0) is 20.3. The Morgan fingerprint density at radius 3 is 2.90 bits per heavy atom. The molecule has 1 aliphatic carbocycles. The molecule has 1 fully saturated rings. The first kappa shape index (κ1) is 18.0. The molecule has 8 nitrogen and oxygen atoms in total. The molecule has 3 aromatic rings. The Morgan fingerprint density at radius 1 is 1.24 bits per heavy atom. The second kappa shape index (κ2) is 6.23. The minimum atomic E-state index is -0.228. The summed E-state index contributed by atoms with van der Waals surface area (Å²) in [5.74, 6) is 1.44. The fraction of sp³-hybridized carbons (Fsp3) is 0.476. The van der Waals surface area contributed by atoms with E-state index in [-0.39, 0.29) is 16.9 Å². The van der Waals surface area contributed by atoms with Gasteiger partial charge in [0, 0.05) is 37.3 Å². The summed E-state index contributed by atoms with van der Waals surface area (Å²) in [5.41, 5.74) is 3.37. The number of amides is 1. The molecule has 8 heteroatoms. The third kappa shape index (κ3) is 2.62. The number of likely N-dealkylation sites (tertiary alicyclic amines) is 1. The maximum absolute atomic E-state index is 13.5. The number of nitrogens with one attached hydrogen (secondary N) is 1. The molecule has 2 aliphatic rings. The topological polar surface area (TPSA) is 96.8 Å². The molecule has 0 saturated carbocycles. The van der Waals surface area contributed by atoms with Crippen molar-refractivity contribution in [1.29, 1.82) is 0 Å². The van der Waals surface area contributed by atoms with E-state index in [2.05, 4.69) is 15.0 Å². The van der Waals surface area contributed by atoms with Crippen molar-refractivity contribution in [2.75, 3.05) is 13.1 Å². The van der Waals surface area contributed by atoms with Crippen LogP contribution in [0.4, 0.5) is 0 Å². The van der Waals surface area contributed by atoms with Crippen LogP contribution in [0.2, 0.25) is 0 Å². The van der Waals surface area contributed by atoms with E-state index >= 15 is 0 Å². The predicted octanol–water partition coefficient (Wildman–Crippen LogP) is 1.79. The van der Waals surface area contributed by atoms with Gasteiger partial charge in [0.1, 0.15) is 17.2 Å². The molecule has 1 N–H and O–H groups in total. The van der Waals surface area contributed by atoms with Crippen LogP contribution in [0.1, 0.15) is 52.5 Å². The van der Waals surface area contributed by atoms with Crippen molar-refractivity contribution < 1.29 is 4.79 Å². The third-order valence-electron chi connectivity index (χ3n) is 6.57. The Labute approximate surface area is 168 Å². The Morgan fingerprint density at radius 2 is 2.07 bits per heavy atom. The number of imidazole rings is 1. The highest BCUT2D eigenvalue weighted by Gasteiger charge is 2.45. The predicted molar refractivity (Wildman–Crippen MR) is 108 cm³/mol. The van der Waals surface area contributed by atoms with Gasteiger partial charge in [-0.05, 0) is 45.6 Å². The summed E-state index contributed by atoms with van der Waals surface area (Å²) in [4.78, 5) is 44.3. The Balaban J connectivity index is 1.53. The minimum Gasteiger partial charge on any atom is -0.338 e. The van der Waals surface area contributed by atoms with Gasteiger partial charge in [-0.2, -0.15) is 0 Å². The number of pyridine rings is 1. The number of aromatic nitrogens is 5. The zero-order valence-corrected chi connectivity index (χ0v) is 16.9. The molecule has 5 rings (SSSR count). The minimum absolute atomic E-state index is 0.0235. The first-order valence-corrected chi connectivity index (χ1v) is 10.1. The van der Waals surface area contributed by atoms with E-state index in [1.807, 2.05) is 30.4 Å². The number of piperidine rings is 1. The molecule has 0 bridgehead atoms. The van der Waals surface area contributed by atoms with Crippen molar-refractivity contribution in [3.05, 3.63) is 51.1 Å². The van der Waals surface area contributed by atoms with Crippen LogP contribution in [-0.2, 0) is 18.9 Å². The fourth-order valence-corrected chi connectivity index (χ4v) is 5.00. The van der Waals surface area contributed by atoms with E-state index in [1.54, 1.807) is 12.3 Å². The number of carbonyl (C=O) groups is 1. The number of H-pyrrole nitrogens is 1. The lowest BCUT2D eigenvalue weighted by Gasteiger charge is -2.40. The summed E-state index contributed by atoms with van der Waals surface area (Å²) in [7, 11) is 1.91. The van der Waals surface area contributed by atoms with Crippen LogP contribution in [0.25, 0.3) is 11.2 Å². The van der Waals surface area contributed by atoms with Gasteiger partial charge < -0.3 is 14.5 Å². The molecule has 4 heterocycles. The van der Waals surface area contributed by atoms with Gasteiger partial charge in [-0.3, -0.25) is 9.59 Å². The van der Waals surface area contributed by atoms with Gasteiger partial charge in [0.25, 0.3) is 11.5 Å². The smallest absolute Gasteiger partial charge is 0.256 e. The molecule has 1 unspecified atom stereocenters. The normalized spacial score (nSPS) is 21.1. The Hall–Kier alpha value is -3.03. The van der Waals surface area contributed by atoms with Crippen molar-refractivity contribution in [2.45, 2.75) is 44.9 Å². The first-order valence-electron chi connectivity index (χ1n) is 10.1. The van der Waals surface area contributed by atoms with Gasteiger partial charge in [0.15, 0.2) is 5.65 Å². The van der Waals surface area contributed by atoms with Gasteiger partial charge in [-0.1, -0.05) is 0 Å². The SMILES string of the molecule is Cc1nc2c(c(=O)[nH]1)CCC21CCCN(C(=O)c2ccnc3c2nc(C)n3C)C1. The van der Waals surface area contributed by atoms with Gasteiger partial charge in [0.2, 0.25) is 0 Å². The largest absolute Gasteiger partial charge is 0.338 e. The number of rotatable bonds is 1. The first-order chi connectivity index (χ1) is 13.9. The van der Waals surface area contributed by atoms with Crippen molar-refractivity contribution in [3.63, 3.8) is 0 Å².